The summed E-state index contributed by atoms with van der Waals surface area (Å²) in [5.41, 5.74) is 6.46. The first-order valence-electron chi connectivity index (χ1n) is 3.95. The predicted octanol–water partition coefficient (Wildman–Crippen LogP) is 2.14. The van der Waals surface area contributed by atoms with Crippen LogP contribution >= 0.6 is 27.5 Å². The minimum absolute atomic E-state index is 0.0226. The van der Waals surface area contributed by atoms with E-state index in [-0.39, 0.29) is 12.5 Å². The van der Waals surface area contributed by atoms with Crippen molar-refractivity contribution in [2.24, 2.45) is 5.73 Å². The van der Waals surface area contributed by atoms with Crippen LogP contribution in [0.3, 0.4) is 0 Å². The summed E-state index contributed by atoms with van der Waals surface area (Å²) >= 11 is 9.20. The van der Waals surface area contributed by atoms with Gasteiger partial charge in [-0.05, 0) is 33.6 Å². The zero-order chi connectivity index (χ0) is 9.84. The van der Waals surface area contributed by atoms with Gasteiger partial charge in [0.1, 0.15) is 0 Å². The Morgan fingerprint density at radius 2 is 2.23 bits per heavy atom. The van der Waals surface area contributed by atoms with Crippen molar-refractivity contribution in [3.05, 3.63) is 33.3 Å². The molecule has 0 heterocycles. The summed E-state index contributed by atoms with van der Waals surface area (Å²) in [5.74, 6) is -0.0226. The molecule has 1 atom stereocenters. The lowest BCUT2D eigenvalue weighted by Crippen LogP contribution is -2.15. The fourth-order valence-corrected chi connectivity index (χ4v) is 1.52. The van der Waals surface area contributed by atoms with Crippen molar-refractivity contribution in [3.8, 4) is 0 Å². The summed E-state index contributed by atoms with van der Waals surface area (Å²) in [7, 11) is 0. The van der Waals surface area contributed by atoms with Crippen molar-refractivity contribution in [3.63, 3.8) is 0 Å². The molecular formula is C9H11BrClNO. The molecule has 0 saturated carbocycles. The van der Waals surface area contributed by atoms with Gasteiger partial charge in [-0.15, -0.1) is 0 Å². The minimum Gasteiger partial charge on any atom is -0.396 e. The fraction of sp³-hybridized carbons (Fsp3) is 0.333. The molecule has 72 valence electrons. The summed E-state index contributed by atoms with van der Waals surface area (Å²) in [6.07, 6.45) is 0. The van der Waals surface area contributed by atoms with Crippen LogP contribution in [0.1, 0.15) is 11.5 Å². The van der Waals surface area contributed by atoms with E-state index in [0.717, 1.165) is 10.0 Å². The van der Waals surface area contributed by atoms with Gasteiger partial charge in [0.05, 0.1) is 11.6 Å². The Balaban J connectivity index is 2.95. The number of aliphatic hydroxyl groups is 1. The second kappa shape index (κ2) is 4.96. The van der Waals surface area contributed by atoms with Crippen LogP contribution in [0, 0.1) is 0 Å². The third-order valence-electron chi connectivity index (χ3n) is 1.92. The van der Waals surface area contributed by atoms with Crippen LogP contribution in [0.15, 0.2) is 22.7 Å². The van der Waals surface area contributed by atoms with Crippen molar-refractivity contribution in [1.29, 1.82) is 0 Å². The molecule has 0 aromatic heterocycles. The van der Waals surface area contributed by atoms with E-state index in [1.54, 1.807) is 0 Å². The molecule has 0 fully saturated rings. The number of halogens is 2. The molecule has 0 aliphatic carbocycles. The maximum absolute atomic E-state index is 9.00. The van der Waals surface area contributed by atoms with Crippen LogP contribution < -0.4 is 5.73 Å². The molecule has 1 aromatic rings. The monoisotopic (exact) mass is 263 g/mol. The van der Waals surface area contributed by atoms with E-state index in [2.05, 4.69) is 15.9 Å². The van der Waals surface area contributed by atoms with E-state index >= 15 is 0 Å². The van der Waals surface area contributed by atoms with E-state index in [1.165, 1.54) is 0 Å². The SMILES string of the molecule is NCC(CO)c1ccc(Br)c(Cl)c1. The van der Waals surface area contributed by atoms with Gasteiger partial charge < -0.3 is 10.8 Å². The molecule has 0 saturated heterocycles. The Kier molecular flexibility index (Phi) is 4.19. The maximum Gasteiger partial charge on any atom is 0.0550 e. The first kappa shape index (κ1) is 11.0. The van der Waals surface area contributed by atoms with Crippen LogP contribution in [0.25, 0.3) is 0 Å². The normalized spacial score (nSPS) is 12.9. The zero-order valence-corrected chi connectivity index (χ0v) is 9.35. The summed E-state index contributed by atoms with van der Waals surface area (Å²) in [5, 5.41) is 9.65. The highest BCUT2D eigenvalue weighted by Crippen LogP contribution is 2.26. The molecule has 0 spiro atoms. The van der Waals surface area contributed by atoms with Crippen LogP contribution in [0.4, 0.5) is 0 Å². The lowest BCUT2D eigenvalue weighted by molar-refractivity contribution is 0.268. The lowest BCUT2D eigenvalue weighted by Gasteiger charge is -2.12. The number of nitrogens with two attached hydrogens (primary N) is 1. The van der Waals surface area contributed by atoms with Crippen molar-refractivity contribution >= 4 is 27.5 Å². The third-order valence-corrected chi connectivity index (χ3v) is 3.15. The largest absolute Gasteiger partial charge is 0.396 e. The number of aliphatic hydroxyl groups excluding tert-OH is 1. The number of rotatable bonds is 3. The van der Waals surface area contributed by atoms with Gasteiger partial charge in [-0.25, -0.2) is 0 Å². The Morgan fingerprint density at radius 3 is 2.69 bits per heavy atom. The summed E-state index contributed by atoms with van der Waals surface area (Å²) in [6, 6.07) is 5.58. The molecule has 2 nitrogen and oxygen atoms in total. The highest BCUT2D eigenvalue weighted by molar-refractivity contribution is 9.10. The Morgan fingerprint density at radius 1 is 1.54 bits per heavy atom. The third kappa shape index (κ3) is 2.68. The Hall–Kier alpha value is -0.0900. The number of hydrogen-bond donors (Lipinski definition) is 2. The Bertz CT molecular complexity index is 289. The van der Waals surface area contributed by atoms with Gasteiger partial charge in [0.2, 0.25) is 0 Å². The van der Waals surface area contributed by atoms with Crippen molar-refractivity contribution < 1.29 is 5.11 Å². The molecule has 4 heteroatoms. The van der Waals surface area contributed by atoms with Crippen LogP contribution in [0.5, 0.6) is 0 Å². The molecule has 3 N–H and O–H groups in total. The molecule has 1 rings (SSSR count). The van der Waals surface area contributed by atoms with Crippen molar-refractivity contribution in [2.45, 2.75) is 5.92 Å². The quantitative estimate of drug-likeness (QED) is 0.879. The second-order valence-corrected chi connectivity index (χ2v) is 4.05. The standard InChI is InChI=1S/C9H11BrClNO/c10-8-2-1-6(3-9(8)11)7(4-12)5-13/h1-3,7,13H,4-5,12H2. The molecule has 13 heavy (non-hydrogen) atoms. The molecule has 0 amide bonds. The van der Waals surface area contributed by atoms with Gasteiger partial charge in [0.15, 0.2) is 0 Å². The Labute approximate surface area is 90.8 Å². The summed E-state index contributed by atoms with van der Waals surface area (Å²) in [4.78, 5) is 0. The van der Waals surface area contributed by atoms with Gasteiger partial charge in [-0.1, -0.05) is 17.7 Å². The average Bonchev–Trinajstić information content (AvgIpc) is 2.13. The van der Waals surface area contributed by atoms with Crippen molar-refractivity contribution in [1.82, 2.24) is 0 Å². The smallest absolute Gasteiger partial charge is 0.0550 e. The average molecular weight is 265 g/mol. The van der Waals surface area contributed by atoms with E-state index in [1.807, 2.05) is 18.2 Å². The molecule has 0 aliphatic heterocycles. The lowest BCUT2D eigenvalue weighted by atomic mass is 10.0. The van der Waals surface area contributed by atoms with Gasteiger partial charge in [-0.3, -0.25) is 0 Å². The second-order valence-electron chi connectivity index (χ2n) is 2.79. The van der Waals surface area contributed by atoms with Crippen LogP contribution in [-0.2, 0) is 0 Å². The molecule has 1 unspecified atom stereocenters. The summed E-state index contributed by atoms with van der Waals surface area (Å²) < 4.78 is 0.853. The molecule has 0 radical (unpaired) electrons. The van der Waals surface area contributed by atoms with Gasteiger partial charge in [0.25, 0.3) is 0 Å². The topological polar surface area (TPSA) is 46.2 Å². The number of hydrogen-bond acceptors (Lipinski definition) is 2. The van der Waals surface area contributed by atoms with Gasteiger partial charge in [-0.2, -0.15) is 0 Å². The maximum atomic E-state index is 9.00. The molecule has 1 aromatic carbocycles. The molecule has 0 aliphatic rings. The van der Waals surface area contributed by atoms with E-state index in [4.69, 9.17) is 22.4 Å². The molecular weight excluding hydrogens is 253 g/mol. The van der Waals surface area contributed by atoms with E-state index in [9.17, 15) is 0 Å². The predicted molar refractivity (Wildman–Crippen MR) is 58.0 cm³/mol. The number of benzene rings is 1. The highest BCUT2D eigenvalue weighted by Gasteiger charge is 2.09. The van der Waals surface area contributed by atoms with E-state index in [0.29, 0.717) is 11.6 Å². The molecule has 0 bridgehead atoms. The first-order valence-corrected chi connectivity index (χ1v) is 5.12. The van der Waals surface area contributed by atoms with Crippen molar-refractivity contribution in [2.75, 3.05) is 13.2 Å². The fourth-order valence-electron chi connectivity index (χ4n) is 1.08. The van der Waals surface area contributed by atoms with Gasteiger partial charge >= 0.3 is 0 Å². The zero-order valence-electron chi connectivity index (χ0n) is 7.00. The van der Waals surface area contributed by atoms with Crippen LogP contribution in [-0.4, -0.2) is 18.3 Å². The highest BCUT2D eigenvalue weighted by atomic mass is 79.9. The van der Waals surface area contributed by atoms with Crippen LogP contribution in [0.2, 0.25) is 5.02 Å². The van der Waals surface area contributed by atoms with E-state index < -0.39 is 0 Å². The minimum atomic E-state index is -0.0226. The first-order chi connectivity index (χ1) is 6.19. The van der Waals surface area contributed by atoms with Gasteiger partial charge in [0, 0.05) is 16.9 Å². The summed E-state index contributed by atoms with van der Waals surface area (Å²) in [6.45, 7) is 0.475.